The lowest BCUT2D eigenvalue weighted by Crippen LogP contribution is -2.45. The van der Waals surface area contributed by atoms with Crippen LogP contribution >= 0.6 is 0 Å². The molecule has 0 aromatic carbocycles. The van der Waals surface area contributed by atoms with Gasteiger partial charge in [-0.3, -0.25) is 0 Å². The molecule has 0 bridgehead atoms. The van der Waals surface area contributed by atoms with Gasteiger partial charge in [-0.15, -0.1) is 6.58 Å². The van der Waals surface area contributed by atoms with E-state index in [9.17, 15) is 9.90 Å². The SMILES string of the molecule is C=C[C@H](C)[C@H](O)[C@@H](C)NC(=O)OC(C)(C)C. The van der Waals surface area contributed by atoms with Gasteiger partial charge in [0.2, 0.25) is 0 Å². The molecule has 0 aliphatic heterocycles. The Morgan fingerprint density at radius 1 is 1.44 bits per heavy atom. The molecule has 0 aliphatic rings. The highest BCUT2D eigenvalue weighted by Gasteiger charge is 2.23. The molecule has 0 heterocycles. The summed E-state index contributed by atoms with van der Waals surface area (Å²) in [6, 6.07) is -0.372. The maximum atomic E-state index is 11.4. The standard InChI is InChI=1S/C12H23NO3/c1-7-8(2)10(14)9(3)13-11(15)16-12(4,5)6/h7-10,14H,1H2,2-6H3,(H,13,15)/t8-,9+,10-/m0/s1. The molecule has 0 aliphatic carbocycles. The summed E-state index contributed by atoms with van der Waals surface area (Å²) >= 11 is 0. The summed E-state index contributed by atoms with van der Waals surface area (Å²) in [4.78, 5) is 11.4. The van der Waals surface area contributed by atoms with Crippen molar-refractivity contribution >= 4 is 6.09 Å². The summed E-state index contributed by atoms with van der Waals surface area (Å²) in [6.07, 6.45) is 0.470. The number of alkyl carbamates (subject to hydrolysis) is 1. The lowest BCUT2D eigenvalue weighted by Gasteiger charge is -2.26. The van der Waals surface area contributed by atoms with E-state index in [0.29, 0.717) is 0 Å². The van der Waals surface area contributed by atoms with Crippen LogP contribution in [0, 0.1) is 5.92 Å². The minimum absolute atomic E-state index is 0.0788. The highest BCUT2D eigenvalue weighted by atomic mass is 16.6. The lowest BCUT2D eigenvalue weighted by atomic mass is 9.99. The molecule has 0 aromatic heterocycles. The number of hydrogen-bond acceptors (Lipinski definition) is 3. The molecule has 0 unspecified atom stereocenters. The Morgan fingerprint density at radius 2 is 1.94 bits per heavy atom. The van der Waals surface area contributed by atoms with E-state index in [1.54, 1.807) is 33.8 Å². The zero-order chi connectivity index (χ0) is 12.9. The van der Waals surface area contributed by atoms with Crippen molar-refractivity contribution in [3.63, 3.8) is 0 Å². The molecule has 2 N–H and O–H groups in total. The van der Waals surface area contributed by atoms with Crippen LogP contribution in [0.25, 0.3) is 0 Å². The van der Waals surface area contributed by atoms with E-state index < -0.39 is 17.8 Å². The van der Waals surface area contributed by atoms with Crippen molar-refractivity contribution in [1.29, 1.82) is 0 Å². The quantitative estimate of drug-likeness (QED) is 0.726. The third kappa shape index (κ3) is 5.75. The van der Waals surface area contributed by atoms with Crippen molar-refractivity contribution in [2.45, 2.75) is 52.4 Å². The van der Waals surface area contributed by atoms with E-state index >= 15 is 0 Å². The van der Waals surface area contributed by atoms with Crippen LogP contribution in [0.15, 0.2) is 12.7 Å². The molecule has 0 saturated heterocycles. The van der Waals surface area contributed by atoms with Crippen LogP contribution in [-0.4, -0.2) is 28.9 Å². The van der Waals surface area contributed by atoms with Crippen molar-refractivity contribution in [1.82, 2.24) is 5.32 Å². The van der Waals surface area contributed by atoms with Gasteiger partial charge < -0.3 is 15.2 Å². The first-order valence-corrected chi connectivity index (χ1v) is 5.47. The number of carbonyl (C=O) groups excluding carboxylic acids is 1. The van der Waals surface area contributed by atoms with Gasteiger partial charge in [0.15, 0.2) is 0 Å². The van der Waals surface area contributed by atoms with Gasteiger partial charge in [-0.05, 0) is 27.7 Å². The number of amides is 1. The predicted octanol–water partition coefficient (Wildman–Crippen LogP) is 2.08. The largest absolute Gasteiger partial charge is 0.444 e. The van der Waals surface area contributed by atoms with Crippen LogP contribution in [0.4, 0.5) is 4.79 Å². The van der Waals surface area contributed by atoms with E-state index in [-0.39, 0.29) is 12.0 Å². The number of rotatable bonds is 4. The number of nitrogens with one attached hydrogen (secondary N) is 1. The first-order chi connectivity index (χ1) is 7.17. The minimum Gasteiger partial charge on any atom is -0.444 e. The second-order valence-electron chi connectivity index (χ2n) is 5.02. The molecule has 0 saturated carbocycles. The smallest absolute Gasteiger partial charge is 0.407 e. The van der Waals surface area contributed by atoms with Gasteiger partial charge in [0.25, 0.3) is 0 Å². The first-order valence-electron chi connectivity index (χ1n) is 5.47. The van der Waals surface area contributed by atoms with Crippen LogP contribution in [-0.2, 0) is 4.74 Å². The topological polar surface area (TPSA) is 58.6 Å². The Bertz CT molecular complexity index is 245. The van der Waals surface area contributed by atoms with Crippen molar-refractivity contribution in [3.8, 4) is 0 Å². The second-order valence-corrected chi connectivity index (χ2v) is 5.02. The molecule has 4 heteroatoms. The molecule has 16 heavy (non-hydrogen) atoms. The van der Waals surface area contributed by atoms with Gasteiger partial charge in [-0.2, -0.15) is 0 Å². The zero-order valence-corrected chi connectivity index (χ0v) is 10.8. The fourth-order valence-corrected chi connectivity index (χ4v) is 1.17. The predicted molar refractivity (Wildman–Crippen MR) is 64.2 cm³/mol. The number of ether oxygens (including phenoxy) is 1. The average molecular weight is 229 g/mol. The van der Waals surface area contributed by atoms with Crippen molar-refractivity contribution in [3.05, 3.63) is 12.7 Å². The monoisotopic (exact) mass is 229 g/mol. The summed E-state index contributed by atoms with van der Waals surface area (Å²) in [7, 11) is 0. The van der Waals surface area contributed by atoms with Gasteiger partial charge in [0, 0.05) is 5.92 Å². The van der Waals surface area contributed by atoms with Crippen molar-refractivity contribution in [2.75, 3.05) is 0 Å². The van der Waals surface area contributed by atoms with Gasteiger partial charge in [-0.1, -0.05) is 13.0 Å². The lowest BCUT2D eigenvalue weighted by molar-refractivity contribution is 0.0399. The molecule has 0 radical (unpaired) electrons. The van der Waals surface area contributed by atoms with Crippen LogP contribution < -0.4 is 5.32 Å². The van der Waals surface area contributed by atoms with Crippen molar-refractivity contribution in [2.24, 2.45) is 5.92 Å². The summed E-state index contributed by atoms with van der Waals surface area (Å²) in [5.74, 6) is -0.0788. The summed E-state index contributed by atoms with van der Waals surface area (Å²) in [5.41, 5.74) is -0.529. The Balaban J connectivity index is 4.19. The van der Waals surface area contributed by atoms with E-state index in [2.05, 4.69) is 11.9 Å². The second kappa shape index (κ2) is 5.89. The van der Waals surface area contributed by atoms with Crippen LogP contribution in [0.1, 0.15) is 34.6 Å². The average Bonchev–Trinajstić information content (AvgIpc) is 2.12. The normalized spacial score (nSPS) is 17.1. The fraction of sp³-hybridized carbons (Fsp3) is 0.750. The molecule has 0 aromatic rings. The van der Waals surface area contributed by atoms with E-state index in [1.165, 1.54) is 0 Å². The van der Waals surface area contributed by atoms with E-state index in [4.69, 9.17) is 4.74 Å². The first kappa shape index (κ1) is 15.0. The highest BCUT2D eigenvalue weighted by molar-refractivity contribution is 5.68. The van der Waals surface area contributed by atoms with Gasteiger partial charge in [0.05, 0.1) is 12.1 Å². The molecule has 0 fully saturated rings. The molecular weight excluding hydrogens is 206 g/mol. The number of aliphatic hydroxyl groups excluding tert-OH is 1. The number of aliphatic hydroxyl groups is 1. The Hall–Kier alpha value is -1.03. The summed E-state index contributed by atoms with van der Waals surface area (Å²) in [6.45, 7) is 12.5. The van der Waals surface area contributed by atoms with E-state index in [0.717, 1.165) is 0 Å². The van der Waals surface area contributed by atoms with Gasteiger partial charge in [-0.25, -0.2) is 4.79 Å². The minimum atomic E-state index is -0.662. The molecule has 0 rings (SSSR count). The molecular formula is C12H23NO3. The zero-order valence-electron chi connectivity index (χ0n) is 10.8. The highest BCUT2D eigenvalue weighted by Crippen LogP contribution is 2.10. The summed E-state index contributed by atoms with van der Waals surface area (Å²) < 4.78 is 5.08. The Morgan fingerprint density at radius 3 is 2.31 bits per heavy atom. The maximum absolute atomic E-state index is 11.4. The molecule has 94 valence electrons. The Kier molecular flexibility index (Phi) is 5.51. The molecule has 3 atom stereocenters. The van der Waals surface area contributed by atoms with Crippen LogP contribution in [0.3, 0.4) is 0 Å². The molecule has 1 amide bonds. The third-order valence-electron chi connectivity index (χ3n) is 2.17. The van der Waals surface area contributed by atoms with Gasteiger partial charge in [0.1, 0.15) is 5.60 Å². The maximum Gasteiger partial charge on any atom is 0.407 e. The summed E-state index contributed by atoms with van der Waals surface area (Å²) in [5, 5.41) is 12.4. The third-order valence-corrected chi connectivity index (χ3v) is 2.17. The molecule has 0 spiro atoms. The fourth-order valence-electron chi connectivity index (χ4n) is 1.17. The number of hydrogen-bond donors (Lipinski definition) is 2. The van der Waals surface area contributed by atoms with Crippen LogP contribution in [0.5, 0.6) is 0 Å². The molecule has 4 nitrogen and oxygen atoms in total. The van der Waals surface area contributed by atoms with E-state index in [1.807, 2.05) is 6.92 Å². The number of carbonyl (C=O) groups is 1. The van der Waals surface area contributed by atoms with Gasteiger partial charge >= 0.3 is 6.09 Å². The van der Waals surface area contributed by atoms with Crippen LogP contribution in [0.2, 0.25) is 0 Å². The van der Waals surface area contributed by atoms with Crippen molar-refractivity contribution < 1.29 is 14.6 Å². The Labute approximate surface area is 97.7 Å².